The molecule has 8 heteroatoms. The van der Waals surface area contributed by atoms with Crippen molar-refractivity contribution in [2.45, 2.75) is 5.75 Å². The predicted molar refractivity (Wildman–Crippen MR) is 82.6 cm³/mol. The van der Waals surface area contributed by atoms with Crippen molar-refractivity contribution in [3.63, 3.8) is 0 Å². The molecule has 2 aromatic rings. The first-order valence-corrected chi connectivity index (χ1v) is 8.20. The van der Waals surface area contributed by atoms with Gasteiger partial charge in [0.25, 0.3) is 5.91 Å². The van der Waals surface area contributed by atoms with Gasteiger partial charge in [0.15, 0.2) is 0 Å². The van der Waals surface area contributed by atoms with E-state index in [2.05, 4.69) is 5.32 Å². The van der Waals surface area contributed by atoms with Crippen LogP contribution in [0.3, 0.4) is 0 Å². The van der Waals surface area contributed by atoms with Crippen molar-refractivity contribution >= 4 is 33.2 Å². The summed E-state index contributed by atoms with van der Waals surface area (Å²) < 4.78 is 35.6. The lowest BCUT2D eigenvalue weighted by molar-refractivity contribution is 0.102. The second-order valence-electron chi connectivity index (χ2n) is 4.55. The minimum absolute atomic E-state index is 0.00310. The molecule has 0 unspecified atom stereocenters. The Labute approximate surface area is 131 Å². The van der Waals surface area contributed by atoms with Gasteiger partial charge in [0.05, 0.1) is 16.3 Å². The summed E-state index contributed by atoms with van der Waals surface area (Å²) in [6.07, 6.45) is 0. The van der Waals surface area contributed by atoms with Crippen LogP contribution < -0.4 is 10.5 Å². The third-order valence-corrected chi connectivity index (χ3v) is 3.82. The Bertz CT molecular complexity index is 787. The molecule has 0 radical (unpaired) electrons. The standard InChI is InChI=1S/C14H12ClFN2O3S/c15-11-2-1-3-12(16)13(11)14(19)18-10-6-4-9(5-7-10)8-22(17,20)21/h1-7H,8H2,(H,18,19)(H2,17,20,21). The van der Waals surface area contributed by atoms with Gasteiger partial charge >= 0.3 is 0 Å². The Hall–Kier alpha value is -1.96. The Balaban J connectivity index is 2.16. The van der Waals surface area contributed by atoms with E-state index in [0.29, 0.717) is 11.3 Å². The maximum absolute atomic E-state index is 13.6. The van der Waals surface area contributed by atoms with Crippen LogP contribution in [0.25, 0.3) is 0 Å². The molecular weight excluding hydrogens is 331 g/mol. The highest BCUT2D eigenvalue weighted by atomic mass is 35.5. The van der Waals surface area contributed by atoms with Crippen molar-refractivity contribution in [1.29, 1.82) is 0 Å². The van der Waals surface area contributed by atoms with E-state index in [1.54, 1.807) is 0 Å². The Morgan fingerprint density at radius 2 is 1.82 bits per heavy atom. The molecule has 5 nitrogen and oxygen atoms in total. The van der Waals surface area contributed by atoms with Crippen molar-refractivity contribution in [1.82, 2.24) is 0 Å². The summed E-state index contributed by atoms with van der Waals surface area (Å²) in [5.41, 5.74) is 0.602. The largest absolute Gasteiger partial charge is 0.322 e. The van der Waals surface area contributed by atoms with Crippen molar-refractivity contribution in [3.05, 3.63) is 64.4 Å². The number of nitrogens with one attached hydrogen (secondary N) is 1. The van der Waals surface area contributed by atoms with Crippen molar-refractivity contribution < 1.29 is 17.6 Å². The van der Waals surface area contributed by atoms with E-state index < -0.39 is 21.7 Å². The summed E-state index contributed by atoms with van der Waals surface area (Å²) in [5.74, 6) is -1.72. The second kappa shape index (κ2) is 6.43. The van der Waals surface area contributed by atoms with Crippen LogP contribution in [0.4, 0.5) is 10.1 Å². The SMILES string of the molecule is NS(=O)(=O)Cc1ccc(NC(=O)c2c(F)cccc2Cl)cc1. The first-order valence-electron chi connectivity index (χ1n) is 6.11. The zero-order chi connectivity index (χ0) is 16.3. The fourth-order valence-electron chi connectivity index (χ4n) is 1.82. The average Bonchev–Trinajstić information content (AvgIpc) is 2.39. The van der Waals surface area contributed by atoms with Crippen LogP contribution in [0.15, 0.2) is 42.5 Å². The van der Waals surface area contributed by atoms with Gasteiger partial charge in [0, 0.05) is 5.69 Å². The number of nitrogens with two attached hydrogens (primary N) is 1. The number of benzene rings is 2. The maximum Gasteiger partial charge on any atom is 0.260 e. The minimum atomic E-state index is -3.62. The lowest BCUT2D eigenvalue weighted by atomic mass is 10.2. The number of hydrogen-bond acceptors (Lipinski definition) is 3. The minimum Gasteiger partial charge on any atom is -0.322 e. The smallest absolute Gasteiger partial charge is 0.260 e. The molecule has 0 aromatic heterocycles. The van der Waals surface area contributed by atoms with Gasteiger partial charge in [-0.25, -0.2) is 17.9 Å². The van der Waals surface area contributed by atoms with Gasteiger partial charge in [-0.3, -0.25) is 4.79 Å². The van der Waals surface area contributed by atoms with E-state index >= 15 is 0 Å². The molecule has 0 spiro atoms. The molecule has 2 aromatic carbocycles. The number of carbonyl (C=O) groups is 1. The fraction of sp³-hybridized carbons (Fsp3) is 0.0714. The Morgan fingerprint density at radius 3 is 2.36 bits per heavy atom. The van der Waals surface area contributed by atoms with Crippen molar-refractivity contribution in [2.24, 2.45) is 5.14 Å². The van der Waals surface area contributed by atoms with Crippen LogP contribution in [0.1, 0.15) is 15.9 Å². The first kappa shape index (κ1) is 16.4. The van der Waals surface area contributed by atoms with E-state index in [1.165, 1.54) is 36.4 Å². The molecular formula is C14H12ClFN2O3S. The monoisotopic (exact) mass is 342 g/mol. The van der Waals surface area contributed by atoms with Crippen LogP contribution in [-0.2, 0) is 15.8 Å². The lowest BCUT2D eigenvalue weighted by Gasteiger charge is -2.08. The number of amides is 1. The van der Waals surface area contributed by atoms with Crippen LogP contribution in [0.2, 0.25) is 5.02 Å². The lowest BCUT2D eigenvalue weighted by Crippen LogP contribution is -2.15. The van der Waals surface area contributed by atoms with Crippen LogP contribution >= 0.6 is 11.6 Å². The van der Waals surface area contributed by atoms with E-state index in [9.17, 15) is 17.6 Å². The molecule has 0 aliphatic heterocycles. The highest BCUT2D eigenvalue weighted by Crippen LogP contribution is 2.21. The highest BCUT2D eigenvalue weighted by Gasteiger charge is 2.15. The molecule has 1 amide bonds. The van der Waals surface area contributed by atoms with Gasteiger partial charge in [0.1, 0.15) is 5.82 Å². The van der Waals surface area contributed by atoms with E-state index in [1.807, 2.05) is 0 Å². The Morgan fingerprint density at radius 1 is 1.18 bits per heavy atom. The van der Waals surface area contributed by atoms with Crippen LogP contribution in [-0.4, -0.2) is 14.3 Å². The zero-order valence-corrected chi connectivity index (χ0v) is 12.8. The molecule has 3 N–H and O–H groups in total. The average molecular weight is 343 g/mol. The maximum atomic E-state index is 13.6. The molecule has 0 atom stereocenters. The number of rotatable bonds is 4. The van der Waals surface area contributed by atoms with Gasteiger partial charge in [0.2, 0.25) is 10.0 Å². The molecule has 0 bridgehead atoms. The number of anilines is 1. The molecule has 0 aliphatic carbocycles. The number of halogens is 2. The third-order valence-electron chi connectivity index (χ3n) is 2.77. The third kappa shape index (κ3) is 4.27. The zero-order valence-electron chi connectivity index (χ0n) is 11.2. The summed E-state index contributed by atoms with van der Waals surface area (Å²) in [6.45, 7) is 0. The summed E-state index contributed by atoms with van der Waals surface area (Å²) in [6, 6.07) is 9.94. The van der Waals surface area contributed by atoms with E-state index in [0.717, 1.165) is 6.07 Å². The van der Waals surface area contributed by atoms with Crippen LogP contribution in [0.5, 0.6) is 0 Å². The van der Waals surface area contributed by atoms with Crippen molar-refractivity contribution in [2.75, 3.05) is 5.32 Å². The number of hydrogen-bond donors (Lipinski definition) is 2. The van der Waals surface area contributed by atoms with E-state index in [4.69, 9.17) is 16.7 Å². The Kier molecular flexibility index (Phi) is 4.80. The van der Waals surface area contributed by atoms with E-state index in [-0.39, 0.29) is 16.3 Å². The first-order chi connectivity index (χ1) is 10.3. The molecule has 0 heterocycles. The normalized spacial score (nSPS) is 11.2. The fourth-order valence-corrected chi connectivity index (χ4v) is 2.73. The predicted octanol–water partition coefficient (Wildman–Crippen LogP) is 2.52. The topological polar surface area (TPSA) is 89.3 Å². The molecule has 0 saturated heterocycles. The highest BCUT2D eigenvalue weighted by molar-refractivity contribution is 7.88. The van der Waals surface area contributed by atoms with Gasteiger partial charge in [-0.2, -0.15) is 0 Å². The molecule has 0 aliphatic rings. The number of carbonyl (C=O) groups excluding carboxylic acids is 1. The summed E-state index contributed by atoms with van der Waals surface area (Å²) >= 11 is 5.81. The summed E-state index contributed by atoms with van der Waals surface area (Å²) in [4.78, 5) is 12.0. The number of sulfonamides is 1. The van der Waals surface area contributed by atoms with Crippen molar-refractivity contribution in [3.8, 4) is 0 Å². The molecule has 0 saturated carbocycles. The molecule has 0 fully saturated rings. The molecule has 22 heavy (non-hydrogen) atoms. The van der Waals surface area contributed by atoms with Gasteiger partial charge < -0.3 is 5.32 Å². The molecule has 116 valence electrons. The summed E-state index contributed by atoms with van der Waals surface area (Å²) in [7, 11) is -3.62. The molecule has 2 rings (SSSR count). The number of primary sulfonamides is 1. The van der Waals surface area contributed by atoms with Gasteiger partial charge in [-0.05, 0) is 29.8 Å². The van der Waals surface area contributed by atoms with Crippen LogP contribution in [0, 0.1) is 5.82 Å². The second-order valence-corrected chi connectivity index (χ2v) is 6.58. The summed E-state index contributed by atoms with van der Waals surface area (Å²) in [5, 5.41) is 7.43. The van der Waals surface area contributed by atoms with Gasteiger partial charge in [-0.1, -0.05) is 29.8 Å². The van der Waals surface area contributed by atoms with Gasteiger partial charge in [-0.15, -0.1) is 0 Å². The quantitative estimate of drug-likeness (QED) is 0.894.